The molecule has 0 bridgehead atoms. The summed E-state index contributed by atoms with van der Waals surface area (Å²) < 4.78 is 9.07. The number of pyridine rings is 1. The molecule has 1 aromatic heterocycles. The molecular formula is C21H12Cl4N2OS. The second kappa shape index (κ2) is 8.90. The van der Waals surface area contributed by atoms with E-state index in [1.54, 1.807) is 30.5 Å². The van der Waals surface area contributed by atoms with E-state index in [9.17, 15) is 0 Å². The summed E-state index contributed by atoms with van der Waals surface area (Å²) in [6.07, 6.45) is 1.64. The van der Waals surface area contributed by atoms with Crippen molar-refractivity contribution in [2.45, 2.75) is 4.90 Å². The third-order valence-electron chi connectivity index (χ3n) is 3.96. The topological polar surface area (TPSA) is 34.1 Å². The van der Waals surface area contributed by atoms with Crippen LogP contribution in [0, 0.1) is 0 Å². The van der Waals surface area contributed by atoms with Gasteiger partial charge in [-0.1, -0.05) is 64.6 Å². The molecule has 0 fully saturated rings. The quantitative estimate of drug-likeness (QED) is 0.289. The van der Waals surface area contributed by atoms with Gasteiger partial charge in [-0.05, 0) is 54.4 Å². The molecule has 3 nitrogen and oxygen atoms in total. The largest absolute Gasteiger partial charge is 0.453 e. The average Bonchev–Trinajstić information content (AvgIpc) is 2.70. The minimum absolute atomic E-state index is 0.366. The summed E-state index contributed by atoms with van der Waals surface area (Å²) in [5.74, 6) is 0.918. The maximum atomic E-state index is 6.41. The molecule has 1 heterocycles. The molecule has 4 rings (SSSR count). The number of rotatable bonds is 5. The van der Waals surface area contributed by atoms with Crippen LogP contribution >= 0.6 is 58.4 Å². The zero-order valence-corrected chi connectivity index (χ0v) is 18.5. The minimum Gasteiger partial charge on any atom is -0.453 e. The number of hydrogen-bond acceptors (Lipinski definition) is 4. The molecule has 8 heteroatoms. The fourth-order valence-electron chi connectivity index (χ4n) is 2.61. The number of fused-ring (bicyclic) bond motifs is 1. The number of hydrogen-bond donors (Lipinski definition) is 1. The highest BCUT2D eigenvalue weighted by atomic mass is 35.5. The van der Waals surface area contributed by atoms with Gasteiger partial charge in [-0.3, -0.25) is 4.98 Å². The Morgan fingerprint density at radius 2 is 1.59 bits per heavy atom. The van der Waals surface area contributed by atoms with Gasteiger partial charge in [0, 0.05) is 21.0 Å². The lowest BCUT2D eigenvalue weighted by Crippen LogP contribution is -1.92. The molecule has 29 heavy (non-hydrogen) atoms. The van der Waals surface area contributed by atoms with Crippen LogP contribution in [0.2, 0.25) is 20.1 Å². The Morgan fingerprint density at radius 1 is 0.828 bits per heavy atom. The number of para-hydroxylation sites is 1. The van der Waals surface area contributed by atoms with Crippen molar-refractivity contribution in [1.82, 2.24) is 4.98 Å². The summed E-state index contributed by atoms with van der Waals surface area (Å²) in [6.45, 7) is 0. The lowest BCUT2D eigenvalue weighted by atomic mass is 10.2. The molecule has 0 atom stereocenters. The summed E-state index contributed by atoms with van der Waals surface area (Å²) in [5, 5.41) is 2.84. The first-order valence-corrected chi connectivity index (χ1v) is 10.7. The Labute approximate surface area is 192 Å². The van der Waals surface area contributed by atoms with Crippen LogP contribution in [0.25, 0.3) is 10.9 Å². The molecular weight excluding hydrogens is 470 g/mol. The van der Waals surface area contributed by atoms with Gasteiger partial charge in [0.25, 0.3) is 0 Å². The van der Waals surface area contributed by atoms with Crippen LogP contribution in [0.1, 0.15) is 0 Å². The molecule has 0 radical (unpaired) electrons. The van der Waals surface area contributed by atoms with Crippen molar-refractivity contribution in [3.05, 3.63) is 87.0 Å². The first-order chi connectivity index (χ1) is 14.0. The van der Waals surface area contributed by atoms with Crippen molar-refractivity contribution in [2.75, 3.05) is 4.72 Å². The second-order valence-corrected chi connectivity index (χ2v) is 8.52. The lowest BCUT2D eigenvalue weighted by Gasteiger charge is -2.13. The zero-order valence-electron chi connectivity index (χ0n) is 14.6. The Hall–Kier alpha value is -1.82. The van der Waals surface area contributed by atoms with Crippen molar-refractivity contribution in [1.29, 1.82) is 0 Å². The Balaban J connectivity index is 1.53. The molecule has 0 aliphatic rings. The molecule has 1 N–H and O–H groups in total. The Morgan fingerprint density at radius 3 is 2.34 bits per heavy atom. The van der Waals surface area contributed by atoms with Crippen LogP contribution in [0.15, 0.2) is 71.8 Å². The van der Waals surface area contributed by atoms with Crippen LogP contribution < -0.4 is 9.46 Å². The van der Waals surface area contributed by atoms with Crippen LogP contribution in [0.4, 0.5) is 5.69 Å². The van der Waals surface area contributed by atoms with Crippen LogP contribution in [-0.4, -0.2) is 4.98 Å². The molecule has 4 aromatic rings. The van der Waals surface area contributed by atoms with Crippen LogP contribution in [-0.2, 0) is 0 Å². The Kier molecular flexibility index (Phi) is 6.28. The third kappa shape index (κ3) is 4.85. The fourth-order valence-corrected chi connectivity index (χ4v) is 4.34. The van der Waals surface area contributed by atoms with Gasteiger partial charge in [-0.15, -0.1) is 0 Å². The second-order valence-electron chi connectivity index (χ2n) is 6.01. The van der Waals surface area contributed by atoms with Gasteiger partial charge >= 0.3 is 0 Å². The zero-order chi connectivity index (χ0) is 20.4. The van der Waals surface area contributed by atoms with Gasteiger partial charge in [0.15, 0.2) is 5.75 Å². The van der Waals surface area contributed by atoms with Gasteiger partial charge < -0.3 is 9.46 Å². The summed E-state index contributed by atoms with van der Waals surface area (Å²) >= 11 is 26.3. The van der Waals surface area contributed by atoms with Crippen LogP contribution in [0.3, 0.4) is 0 Å². The smallest absolute Gasteiger partial charge is 0.164 e. The maximum absolute atomic E-state index is 6.41. The van der Waals surface area contributed by atoms with E-state index in [1.807, 2.05) is 36.4 Å². The molecule has 146 valence electrons. The first kappa shape index (κ1) is 20.5. The SMILES string of the molecule is Clc1ccc(SNc2cc(Cl)c(Oc3cnc4ccccc4c3)c(Cl)c2)c(Cl)c1. The van der Waals surface area contributed by atoms with E-state index in [1.165, 1.54) is 11.9 Å². The van der Waals surface area contributed by atoms with Gasteiger partial charge in [0.1, 0.15) is 5.75 Å². The molecule has 0 saturated carbocycles. The number of halogens is 4. The van der Waals surface area contributed by atoms with Crippen LogP contribution in [0.5, 0.6) is 11.5 Å². The third-order valence-corrected chi connectivity index (χ3v) is 6.09. The summed E-state index contributed by atoms with van der Waals surface area (Å²) in [7, 11) is 0. The van der Waals surface area contributed by atoms with E-state index in [2.05, 4.69) is 9.71 Å². The van der Waals surface area contributed by atoms with Crippen molar-refractivity contribution in [2.24, 2.45) is 0 Å². The van der Waals surface area contributed by atoms with Crippen molar-refractivity contribution in [3.63, 3.8) is 0 Å². The highest BCUT2D eigenvalue weighted by molar-refractivity contribution is 8.00. The van der Waals surface area contributed by atoms with Crippen molar-refractivity contribution in [3.8, 4) is 11.5 Å². The minimum atomic E-state index is 0.366. The van der Waals surface area contributed by atoms with Gasteiger partial charge in [0.05, 0.1) is 26.8 Å². The molecule has 0 amide bonds. The predicted molar refractivity (Wildman–Crippen MR) is 124 cm³/mol. The highest BCUT2D eigenvalue weighted by Gasteiger charge is 2.12. The van der Waals surface area contributed by atoms with Gasteiger partial charge in [-0.2, -0.15) is 0 Å². The molecule has 0 unspecified atom stereocenters. The first-order valence-electron chi connectivity index (χ1n) is 8.39. The summed E-state index contributed by atoms with van der Waals surface area (Å²) in [4.78, 5) is 5.21. The number of anilines is 1. The molecule has 0 spiro atoms. The monoisotopic (exact) mass is 480 g/mol. The molecule has 0 saturated heterocycles. The summed E-state index contributed by atoms with van der Waals surface area (Å²) in [6, 6.07) is 18.4. The average molecular weight is 482 g/mol. The van der Waals surface area contributed by atoms with Gasteiger partial charge in [-0.25, -0.2) is 0 Å². The van der Waals surface area contributed by atoms with Crippen molar-refractivity contribution < 1.29 is 4.74 Å². The summed E-state index contributed by atoms with van der Waals surface area (Å²) in [5.41, 5.74) is 1.59. The highest BCUT2D eigenvalue weighted by Crippen LogP contribution is 2.40. The molecule has 0 aliphatic heterocycles. The van der Waals surface area contributed by atoms with E-state index in [4.69, 9.17) is 51.1 Å². The van der Waals surface area contributed by atoms with E-state index >= 15 is 0 Å². The normalized spacial score (nSPS) is 10.9. The number of benzene rings is 3. The predicted octanol–water partition coefficient (Wildman–Crippen LogP) is 8.76. The number of nitrogens with one attached hydrogen (secondary N) is 1. The Bertz CT molecular complexity index is 1180. The number of aromatic nitrogens is 1. The lowest BCUT2D eigenvalue weighted by molar-refractivity contribution is 0.482. The van der Waals surface area contributed by atoms with E-state index < -0.39 is 0 Å². The van der Waals surface area contributed by atoms with Crippen molar-refractivity contribution >= 4 is 74.9 Å². The standard InChI is InChI=1S/C21H12Cl4N2OS/c22-13-5-6-20(16(23)8-13)29-27-14-9-17(24)21(18(25)10-14)28-15-7-12-3-1-2-4-19(12)26-11-15/h1-11,27H. The molecule has 0 aliphatic carbocycles. The molecule has 3 aromatic carbocycles. The van der Waals surface area contributed by atoms with E-state index in [-0.39, 0.29) is 0 Å². The number of ether oxygens (including phenoxy) is 1. The van der Waals surface area contributed by atoms with E-state index in [0.717, 1.165) is 15.8 Å². The number of nitrogens with zero attached hydrogens (tertiary/aromatic N) is 1. The van der Waals surface area contributed by atoms with Gasteiger partial charge in [0.2, 0.25) is 0 Å². The fraction of sp³-hybridized carbons (Fsp3) is 0. The van der Waals surface area contributed by atoms with E-state index in [0.29, 0.717) is 37.3 Å². The maximum Gasteiger partial charge on any atom is 0.164 e.